The van der Waals surface area contributed by atoms with Crippen molar-refractivity contribution in [3.05, 3.63) is 35.6 Å². The number of likely N-dealkylation sites (tertiary alicyclic amines) is 1. The van der Waals surface area contributed by atoms with E-state index >= 15 is 0 Å². The summed E-state index contributed by atoms with van der Waals surface area (Å²) < 4.78 is 13.8. The Balaban J connectivity index is 1.40. The zero-order valence-corrected chi connectivity index (χ0v) is 15.1. The minimum atomic E-state index is -0.167. The number of benzene rings is 1. The van der Waals surface area contributed by atoms with E-state index in [-0.39, 0.29) is 17.6 Å². The van der Waals surface area contributed by atoms with Crippen molar-refractivity contribution >= 4 is 17.7 Å². The third kappa shape index (κ3) is 3.35. The van der Waals surface area contributed by atoms with Crippen LogP contribution in [0.15, 0.2) is 34.3 Å². The highest BCUT2D eigenvalue weighted by molar-refractivity contribution is 6.14. The topological polar surface area (TPSA) is 51.5 Å². The van der Waals surface area contributed by atoms with Crippen molar-refractivity contribution < 1.29 is 9.18 Å². The second-order valence-corrected chi connectivity index (χ2v) is 7.19. The molecular weight excluding hydrogens is 333 g/mol. The van der Waals surface area contributed by atoms with Gasteiger partial charge in [0.2, 0.25) is 5.96 Å². The Morgan fingerprint density at radius 1 is 1.12 bits per heavy atom. The van der Waals surface area contributed by atoms with Gasteiger partial charge in [0.1, 0.15) is 11.7 Å². The maximum atomic E-state index is 13.8. The molecule has 7 heteroatoms. The lowest BCUT2D eigenvalue weighted by Gasteiger charge is -2.38. The maximum Gasteiger partial charge on any atom is 0.259 e. The molecule has 3 aliphatic heterocycles. The predicted octanol–water partition coefficient (Wildman–Crippen LogP) is 1.58. The Morgan fingerprint density at radius 3 is 2.65 bits per heavy atom. The smallest absolute Gasteiger partial charge is 0.259 e. The first-order valence-corrected chi connectivity index (χ1v) is 9.25. The van der Waals surface area contributed by atoms with E-state index in [0.717, 1.165) is 57.0 Å². The summed E-state index contributed by atoms with van der Waals surface area (Å²) in [6.07, 6.45) is 1.85. The van der Waals surface area contributed by atoms with Gasteiger partial charge in [0.15, 0.2) is 0 Å². The van der Waals surface area contributed by atoms with E-state index in [2.05, 4.69) is 19.7 Å². The highest BCUT2D eigenvalue weighted by Gasteiger charge is 2.35. The molecule has 3 aliphatic rings. The van der Waals surface area contributed by atoms with Gasteiger partial charge in [-0.25, -0.2) is 4.39 Å². The Kier molecular flexibility index (Phi) is 4.72. The van der Waals surface area contributed by atoms with Crippen LogP contribution in [0.4, 0.5) is 4.39 Å². The highest BCUT2D eigenvalue weighted by Crippen LogP contribution is 2.23. The van der Waals surface area contributed by atoms with Crippen LogP contribution in [0, 0.1) is 11.7 Å². The average molecular weight is 357 g/mol. The molecule has 0 aromatic heterocycles. The fourth-order valence-corrected chi connectivity index (χ4v) is 3.86. The number of nitrogens with zero attached hydrogens (tertiary/aromatic N) is 5. The van der Waals surface area contributed by atoms with Crippen LogP contribution < -0.4 is 0 Å². The number of aliphatic imine (C=N–C) groups is 2. The second-order valence-electron chi connectivity index (χ2n) is 7.19. The van der Waals surface area contributed by atoms with Gasteiger partial charge in [-0.1, -0.05) is 18.2 Å². The zero-order valence-electron chi connectivity index (χ0n) is 15.1. The lowest BCUT2D eigenvalue weighted by molar-refractivity contribution is -0.120. The number of guanidine groups is 1. The molecule has 26 heavy (non-hydrogen) atoms. The number of carbonyl (C=O) groups excluding carboxylic acids is 1. The van der Waals surface area contributed by atoms with Crippen molar-refractivity contribution in [3.8, 4) is 0 Å². The molecule has 0 N–H and O–H groups in total. The second kappa shape index (κ2) is 7.15. The van der Waals surface area contributed by atoms with Gasteiger partial charge >= 0.3 is 0 Å². The quantitative estimate of drug-likeness (QED) is 0.806. The fourth-order valence-electron chi connectivity index (χ4n) is 3.86. The molecule has 1 aromatic rings. The SMILES string of the molecule is CN1CCCC2C(=O)N=C(N3CCN(Cc4ccccc4F)CC3)N=C21. The number of piperazine rings is 1. The van der Waals surface area contributed by atoms with Crippen molar-refractivity contribution in [1.82, 2.24) is 14.7 Å². The number of hydrogen-bond acceptors (Lipinski definition) is 5. The molecule has 1 atom stereocenters. The van der Waals surface area contributed by atoms with Gasteiger partial charge in [-0.2, -0.15) is 9.98 Å². The van der Waals surface area contributed by atoms with Crippen LogP contribution in [0.2, 0.25) is 0 Å². The molecule has 0 radical (unpaired) electrons. The molecule has 2 fully saturated rings. The number of piperidine rings is 1. The van der Waals surface area contributed by atoms with E-state index in [0.29, 0.717) is 12.5 Å². The summed E-state index contributed by atoms with van der Waals surface area (Å²) in [5, 5.41) is 0. The molecule has 3 heterocycles. The van der Waals surface area contributed by atoms with Gasteiger partial charge in [0.05, 0.1) is 5.92 Å². The number of halogens is 1. The first-order valence-electron chi connectivity index (χ1n) is 9.25. The van der Waals surface area contributed by atoms with E-state index in [4.69, 9.17) is 4.99 Å². The Morgan fingerprint density at radius 2 is 1.88 bits per heavy atom. The third-order valence-corrected chi connectivity index (χ3v) is 5.42. The summed E-state index contributed by atoms with van der Waals surface area (Å²) in [5.74, 6) is 1.01. The van der Waals surface area contributed by atoms with Crippen LogP contribution in [-0.4, -0.2) is 72.2 Å². The van der Waals surface area contributed by atoms with Crippen molar-refractivity contribution in [1.29, 1.82) is 0 Å². The molecule has 1 aromatic carbocycles. The Bertz CT molecular complexity index is 754. The lowest BCUT2D eigenvalue weighted by atomic mass is 9.95. The van der Waals surface area contributed by atoms with E-state index in [1.165, 1.54) is 6.07 Å². The van der Waals surface area contributed by atoms with Crippen LogP contribution >= 0.6 is 0 Å². The van der Waals surface area contributed by atoms with Crippen LogP contribution in [0.25, 0.3) is 0 Å². The monoisotopic (exact) mass is 357 g/mol. The number of amides is 1. The standard InChI is InChI=1S/C19H24FN5O/c1-23-8-4-6-15-17(23)21-19(22-18(15)26)25-11-9-24(10-12-25)13-14-5-2-3-7-16(14)20/h2-3,5,7,15H,4,6,8-13H2,1H3. The average Bonchev–Trinajstić information content (AvgIpc) is 2.65. The minimum Gasteiger partial charge on any atom is -0.362 e. The highest BCUT2D eigenvalue weighted by atomic mass is 19.1. The Hall–Kier alpha value is -2.28. The molecule has 0 aliphatic carbocycles. The van der Waals surface area contributed by atoms with E-state index in [9.17, 15) is 9.18 Å². The van der Waals surface area contributed by atoms with Crippen molar-refractivity contribution in [2.24, 2.45) is 15.9 Å². The molecule has 1 unspecified atom stereocenters. The van der Waals surface area contributed by atoms with Gasteiger partial charge in [0.25, 0.3) is 5.91 Å². The molecule has 0 bridgehead atoms. The maximum absolute atomic E-state index is 13.8. The summed E-state index contributed by atoms with van der Waals surface area (Å²) in [6.45, 7) is 4.62. The number of amidine groups is 1. The van der Waals surface area contributed by atoms with Gasteiger partial charge in [0, 0.05) is 51.9 Å². The van der Waals surface area contributed by atoms with Gasteiger partial charge in [-0.15, -0.1) is 0 Å². The summed E-state index contributed by atoms with van der Waals surface area (Å²) in [5.41, 5.74) is 0.720. The van der Waals surface area contributed by atoms with Gasteiger partial charge < -0.3 is 9.80 Å². The summed E-state index contributed by atoms with van der Waals surface area (Å²) in [7, 11) is 1.99. The van der Waals surface area contributed by atoms with Gasteiger partial charge in [-0.3, -0.25) is 9.69 Å². The fraction of sp³-hybridized carbons (Fsp3) is 0.526. The van der Waals surface area contributed by atoms with E-state index in [1.807, 2.05) is 19.2 Å². The van der Waals surface area contributed by atoms with Crippen LogP contribution in [0.1, 0.15) is 18.4 Å². The third-order valence-electron chi connectivity index (χ3n) is 5.42. The summed E-state index contributed by atoms with van der Waals surface area (Å²) in [6, 6.07) is 6.91. The molecule has 138 valence electrons. The molecule has 0 spiro atoms. The van der Waals surface area contributed by atoms with E-state index in [1.54, 1.807) is 6.07 Å². The lowest BCUT2D eigenvalue weighted by Crippen LogP contribution is -2.51. The van der Waals surface area contributed by atoms with Crippen molar-refractivity contribution in [2.45, 2.75) is 19.4 Å². The number of fused-ring (bicyclic) bond motifs is 1. The summed E-state index contributed by atoms with van der Waals surface area (Å²) >= 11 is 0. The molecule has 6 nitrogen and oxygen atoms in total. The van der Waals surface area contributed by atoms with E-state index < -0.39 is 0 Å². The van der Waals surface area contributed by atoms with Crippen LogP contribution in [0.5, 0.6) is 0 Å². The van der Waals surface area contributed by atoms with Crippen LogP contribution in [0.3, 0.4) is 0 Å². The predicted molar refractivity (Wildman–Crippen MR) is 98.5 cm³/mol. The van der Waals surface area contributed by atoms with Crippen molar-refractivity contribution in [3.63, 3.8) is 0 Å². The van der Waals surface area contributed by atoms with Gasteiger partial charge in [-0.05, 0) is 18.9 Å². The molecule has 2 saturated heterocycles. The Labute approximate surface area is 153 Å². The molecule has 1 amide bonds. The number of hydrogen-bond donors (Lipinski definition) is 0. The molecular formula is C19H24FN5O. The van der Waals surface area contributed by atoms with Crippen molar-refractivity contribution in [2.75, 3.05) is 39.8 Å². The molecule has 0 saturated carbocycles. The zero-order chi connectivity index (χ0) is 18.1. The molecule has 4 rings (SSSR count). The minimum absolute atomic E-state index is 0.0645. The number of carbonyl (C=O) groups is 1. The summed E-state index contributed by atoms with van der Waals surface area (Å²) in [4.78, 5) is 27.7. The normalized spacial score (nSPS) is 24.2. The first-order chi connectivity index (χ1) is 12.6. The largest absolute Gasteiger partial charge is 0.362 e. The van der Waals surface area contributed by atoms with Crippen LogP contribution in [-0.2, 0) is 11.3 Å². The first kappa shape index (κ1) is 17.1. The number of rotatable bonds is 2.